The summed E-state index contributed by atoms with van der Waals surface area (Å²) >= 11 is 4.84. The molecule has 0 aliphatic rings. The van der Waals surface area contributed by atoms with Crippen molar-refractivity contribution in [1.82, 2.24) is 0 Å². The average Bonchev–Trinajstić information content (AvgIpc) is 2.57. The molecule has 0 unspecified atom stereocenters. The van der Waals surface area contributed by atoms with E-state index in [1.54, 1.807) is 0 Å². The van der Waals surface area contributed by atoms with Crippen molar-refractivity contribution in [2.24, 2.45) is 0 Å². The second kappa shape index (κ2) is 6.91. The van der Waals surface area contributed by atoms with E-state index in [0.717, 1.165) is 0 Å². The minimum atomic E-state index is -0.580. The lowest BCUT2D eigenvalue weighted by Gasteiger charge is -2.27. The maximum Gasteiger partial charge on any atom is 0.0328 e. The van der Waals surface area contributed by atoms with Gasteiger partial charge in [-0.2, -0.15) is 12.6 Å². The van der Waals surface area contributed by atoms with Crippen LogP contribution in [0.4, 0.5) is 0 Å². The normalized spacial score (nSPS) is 11.7. The molecule has 0 saturated carbocycles. The molecule has 0 heterocycles. The number of thiol groups is 1. The van der Waals surface area contributed by atoms with Gasteiger partial charge in [-0.15, -0.1) is 0 Å². The van der Waals surface area contributed by atoms with Gasteiger partial charge in [0.15, 0.2) is 0 Å². The Morgan fingerprint density at radius 3 is 1.57 bits per heavy atom. The van der Waals surface area contributed by atoms with E-state index >= 15 is 0 Å². The first-order valence-corrected chi connectivity index (χ1v) is 9.58. The van der Waals surface area contributed by atoms with Crippen molar-refractivity contribution in [3.05, 3.63) is 90.5 Å². The van der Waals surface area contributed by atoms with Crippen molar-refractivity contribution in [2.45, 2.75) is 18.6 Å². The molecule has 0 aliphatic heterocycles. The molecular weight excluding hydrogens is 315 g/mol. The summed E-state index contributed by atoms with van der Waals surface area (Å²) in [4.78, 5) is 0. The molecule has 0 nitrogen and oxygen atoms in total. The standard InChI is InChI=1S/C21H21PS/c1-21(2,23)19-15-9-10-16-20(19)22(17-11-5-3-6-12-17)18-13-7-4-8-14-18/h3-16,23H,1-2H3. The fourth-order valence-electron chi connectivity index (χ4n) is 2.77. The van der Waals surface area contributed by atoms with Gasteiger partial charge in [0.2, 0.25) is 0 Å². The van der Waals surface area contributed by atoms with Crippen molar-refractivity contribution >= 4 is 36.5 Å². The third-order valence-electron chi connectivity index (χ3n) is 3.83. The third kappa shape index (κ3) is 3.68. The molecule has 3 rings (SSSR count). The van der Waals surface area contributed by atoms with Gasteiger partial charge in [0.05, 0.1) is 0 Å². The Bertz CT molecular complexity index is 721. The first-order chi connectivity index (χ1) is 11.1. The number of rotatable bonds is 4. The number of hydrogen-bond acceptors (Lipinski definition) is 1. The van der Waals surface area contributed by atoms with Gasteiger partial charge >= 0.3 is 0 Å². The monoisotopic (exact) mass is 336 g/mol. The second-order valence-corrected chi connectivity index (χ2v) is 9.39. The lowest BCUT2D eigenvalue weighted by Crippen LogP contribution is -2.27. The predicted molar refractivity (Wildman–Crippen MR) is 107 cm³/mol. The molecule has 0 aliphatic carbocycles. The first-order valence-electron chi connectivity index (χ1n) is 7.79. The highest BCUT2D eigenvalue weighted by molar-refractivity contribution is 7.82. The van der Waals surface area contributed by atoms with E-state index in [4.69, 9.17) is 12.6 Å². The molecule has 0 spiro atoms. The SMILES string of the molecule is CC(C)(S)c1ccccc1P(c1ccccc1)c1ccccc1. The van der Waals surface area contributed by atoms with E-state index in [2.05, 4.69) is 98.8 Å². The van der Waals surface area contributed by atoms with Crippen LogP contribution in [0.15, 0.2) is 84.9 Å². The topological polar surface area (TPSA) is 0 Å². The van der Waals surface area contributed by atoms with Gasteiger partial charge in [-0.25, -0.2) is 0 Å². The Balaban J connectivity index is 2.22. The molecule has 2 heteroatoms. The first kappa shape index (κ1) is 16.3. The summed E-state index contributed by atoms with van der Waals surface area (Å²) in [5.74, 6) is 0. The minimum absolute atomic E-state index is 0.166. The van der Waals surface area contributed by atoms with E-state index < -0.39 is 7.92 Å². The summed E-state index contributed by atoms with van der Waals surface area (Å²) in [6.07, 6.45) is 0. The third-order valence-corrected chi connectivity index (χ3v) is 6.57. The summed E-state index contributed by atoms with van der Waals surface area (Å²) in [5, 5.41) is 4.14. The van der Waals surface area contributed by atoms with Crippen LogP contribution < -0.4 is 15.9 Å². The summed E-state index contributed by atoms with van der Waals surface area (Å²) < 4.78 is -0.166. The molecular formula is C21H21PS. The molecule has 0 saturated heterocycles. The Morgan fingerprint density at radius 2 is 1.09 bits per heavy atom. The van der Waals surface area contributed by atoms with Gasteiger partial charge in [-0.3, -0.25) is 0 Å². The summed E-state index contributed by atoms with van der Waals surface area (Å²) in [6.45, 7) is 4.33. The van der Waals surface area contributed by atoms with E-state index in [1.165, 1.54) is 21.5 Å². The molecule has 0 N–H and O–H groups in total. The lowest BCUT2D eigenvalue weighted by molar-refractivity contribution is 0.797. The van der Waals surface area contributed by atoms with E-state index in [1.807, 2.05) is 0 Å². The molecule has 0 amide bonds. The predicted octanol–water partition coefficient (Wildman–Crippen LogP) is 4.61. The average molecular weight is 336 g/mol. The van der Waals surface area contributed by atoms with Crippen LogP contribution in [0.3, 0.4) is 0 Å². The number of benzene rings is 3. The maximum absolute atomic E-state index is 4.84. The zero-order valence-corrected chi connectivity index (χ0v) is 15.3. The Kier molecular flexibility index (Phi) is 4.90. The maximum atomic E-state index is 4.84. The Hall–Kier alpha value is -1.56. The molecule has 0 atom stereocenters. The summed E-state index contributed by atoms with van der Waals surface area (Å²) in [5.41, 5.74) is 1.31. The highest BCUT2D eigenvalue weighted by Gasteiger charge is 2.25. The Labute approximate surface area is 145 Å². The molecule has 0 bridgehead atoms. The number of hydrogen-bond donors (Lipinski definition) is 1. The summed E-state index contributed by atoms with van der Waals surface area (Å²) in [7, 11) is -0.580. The van der Waals surface area contributed by atoms with Gasteiger partial charge < -0.3 is 0 Å². The van der Waals surface area contributed by atoms with E-state index in [-0.39, 0.29) is 4.75 Å². The Morgan fingerprint density at radius 1 is 0.652 bits per heavy atom. The van der Waals surface area contributed by atoms with Crippen LogP contribution in [0, 0.1) is 0 Å². The molecule has 23 heavy (non-hydrogen) atoms. The van der Waals surface area contributed by atoms with Crippen LogP contribution in [0.25, 0.3) is 0 Å². The molecule has 3 aromatic carbocycles. The molecule has 116 valence electrons. The van der Waals surface area contributed by atoms with E-state index in [9.17, 15) is 0 Å². The van der Waals surface area contributed by atoms with Crippen LogP contribution in [0.2, 0.25) is 0 Å². The van der Waals surface area contributed by atoms with Gasteiger partial charge in [-0.05, 0) is 43.2 Å². The molecule has 0 fully saturated rings. The fourth-order valence-corrected chi connectivity index (χ4v) is 5.68. The highest BCUT2D eigenvalue weighted by Crippen LogP contribution is 2.38. The van der Waals surface area contributed by atoms with Crippen LogP contribution >= 0.6 is 20.6 Å². The van der Waals surface area contributed by atoms with Crippen LogP contribution in [-0.4, -0.2) is 0 Å². The quantitative estimate of drug-likeness (QED) is 0.522. The minimum Gasteiger partial charge on any atom is -0.168 e. The van der Waals surface area contributed by atoms with Crippen LogP contribution in [0.1, 0.15) is 19.4 Å². The van der Waals surface area contributed by atoms with E-state index in [0.29, 0.717) is 0 Å². The van der Waals surface area contributed by atoms with Crippen molar-refractivity contribution < 1.29 is 0 Å². The second-order valence-electron chi connectivity index (χ2n) is 6.08. The molecule has 0 aromatic heterocycles. The fraction of sp³-hybridized carbons (Fsp3) is 0.143. The largest absolute Gasteiger partial charge is 0.168 e. The zero-order valence-electron chi connectivity index (χ0n) is 13.5. The van der Waals surface area contributed by atoms with Crippen LogP contribution in [0.5, 0.6) is 0 Å². The van der Waals surface area contributed by atoms with Gasteiger partial charge in [0.1, 0.15) is 0 Å². The summed E-state index contributed by atoms with van der Waals surface area (Å²) in [6, 6.07) is 30.3. The van der Waals surface area contributed by atoms with Crippen LogP contribution in [-0.2, 0) is 4.75 Å². The van der Waals surface area contributed by atoms with Crippen molar-refractivity contribution in [2.75, 3.05) is 0 Å². The van der Waals surface area contributed by atoms with Crippen molar-refractivity contribution in [1.29, 1.82) is 0 Å². The highest BCUT2D eigenvalue weighted by atomic mass is 32.1. The molecule has 0 radical (unpaired) electrons. The smallest absolute Gasteiger partial charge is 0.0328 e. The van der Waals surface area contributed by atoms with Crippen molar-refractivity contribution in [3.63, 3.8) is 0 Å². The van der Waals surface area contributed by atoms with Crippen molar-refractivity contribution in [3.8, 4) is 0 Å². The van der Waals surface area contributed by atoms with Gasteiger partial charge in [0, 0.05) is 4.75 Å². The van der Waals surface area contributed by atoms with Gasteiger partial charge in [-0.1, -0.05) is 84.9 Å². The lowest BCUT2D eigenvalue weighted by atomic mass is 10.0. The van der Waals surface area contributed by atoms with Gasteiger partial charge in [0.25, 0.3) is 0 Å². The zero-order chi connectivity index (χ0) is 16.3. The molecule has 3 aromatic rings.